The molecular formula is C16H17N3O17P3-3. The molecule has 0 bridgehead atoms. The zero-order valence-electron chi connectivity index (χ0n) is 18.9. The molecule has 216 valence electrons. The van der Waals surface area contributed by atoms with E-state index in [1.54, 1.807) is 0 Å². The van der Waals surface area contributed by atoms with Crippen molar-refractivity contribution in [3.8, 4) is 5.88 Å². The Morgan fingerprint density at radius 2 is 1.72 bits per heavy atom. The number of phosphoric acid groups is 3. The van der Waals surface area contributed by atoms with Crippen LogP contribution in [0.3, 0.4) is 0 Å². The molecule has 0 amide bonds. The number of hydrogen-bond acceptors (Lipinski definition) is 17. The molecule has 1 aromatic carbocycles. The Kier molecular flexibility index (Phi) is 9.57. The molecule has 1 aromatic heterocycles. The van der Waals surface area contributed by atoms with Crippen LogP contribution in [0.1, 0.15) is 11.8 Å². The van der Waals surface area contributed by atoms with Gasteiger partial charge in [0.1, 0.15) is 24.9 Å². The average Bonchev–Trinajstić information content (AvgIpc) is 3.08. The molecule has 1 fully saturated rings. The highest BCUT2D eigenvalue weighted by Crippen LogP contribution is 2.61. The van der Waals surface area contributed by atoms with Crippen LogP contribution < -0.4 is 25.1 Å². The fourth-order valence-electron chi connectivity index (χ4n) is 3.18. The highest BCUT2D eigenvalue weighted by molar-refractivity contribution is 7.65. The van der Waals surface area contributed by atoms with Crippen molar-refractivity contribution in [3.05, 3.63) is 62.7 Å². The van der Waals surface area contributed by atoms with Crippen LogP contribution in [0.4, 0.5) is 5.69 Å². The number of rotatable bonds is 12. The standard InChI is InChI=1S/C16H20N3O17P3/c20-13-11(8-33-38(28,29)36-39(30,31)35-37(25,26)27)34-15(14(13)21)18-6-5-12(17-16(18)22)32-7-9-3-1-2-4-10(9)19(23)24/h1-6,11,13-15,20-21H,7-8H2,(H,28,29)(H,30,31)(H2,25,26,27)/p-3/t11-,13-,14-,15-/m1/s1. The SMILES string of the molecule is O=c1nc(OCc2ccccc2[N+](=O)[O-])ccn1[C@@H]1O[C@H](COP(=O)([O-])OP(=O)([O-])OP(=O)([O-])O)[C@@H](O)[C@H]1O. The quantitative estimate of drug-likeness (QED) is 0.129. The lowest BCUT2D eigenvalue weighted by Gasteiger charge is -2.33. The van der Waals surface area contributed by atoms with Crippen molar-refractivity contribution < 1.29 is 71.0 Å². The molecule has 2 heterocycles. The predicted octanol–water partition coefficient (Wildman–Crippen LogP) is -2.20. The first-order valence-corrected chi connectivity index (χ1v) is 14.6. The van der Waals surface area contributed by atoms with Crippen LogP contribution >= 0.6 is 23.5 Å². The van der Waals surface area contributed by atoms with Gasteiger partial charge in [-0.3, -0.25) is 28.4 Å². The summed E-state index contributed by atoms with van der Waals surface area (Å²) in [6.07, 6.45) is -6.09. The van der Waals surface area contributed by atoms with Crippen molar-refractivity contribution in [2.75, 3.05) is 6.61 Å². The van der Waals surface area contributed by atoms with Crippen molar-refractivity contribution in [3.63, 3.8) is 0 Å². The Labute approximate surface area is 216 Å². The summed E-state index contributed by atoms with van der Waals surface area (Å²) < 4.78 is 55.4. The lowest BCUT2D eigenvalue weighted by atomic mass is 10.1. The van der Waals surface area contributed by atoms with E-state index in [0.29, 0.717) is 4.57 Å². The second kappa shape index (κ2) is 12.0. The molecule has 2 aromatic rings. The number of phosphoric ester groups is 1. The molecule has 23 heteroatoms. The smallest absolute Gasteiger partial charge is 0.353 e. The Morgan fingerprint density at radius 3 is 2.33 bits per heavy atom. The third kappa shape index (κ3) is 8.54. The van der Waals surface area contributed by atoms with Gasteiger partial charge < -0.3 is 43.8 Å². The maximum absolute atomic E-state index is 12.5. The summed E-state index contributed by atoms with van der Waals surface area (Å²) in [6.45, 7) is -1.51. The van der Waals surface area contributed by atoms with Gasteiger partial charge in [-0.25, -0.2) is 13.4 Å². The zero-order chi connectivity index (χ0) is 29.2. The molecule has 0 spiro atoms. The van der Waals surface area contributed by atoms with Crippen LogP contribution in [0.25, 0.3) is 0 Å². The van der Waals surface area contributed by atoms with Crippen molar-refractivity contribution >= 4 is 29.2 Å². The van der Waals surface area contributed by atoms with E-state index in [1.165, 1.54) is 24.3 Å². The van der Waals surface area contributed by atoms with Gasteiger partial charge in [0.25, 0.3) is 29.2 Å². The molecule has 3 N–H and O–H groups in total. The summed E-state index contributed by atoms with van der Waals surface area (Å²) in [6, 6.07) is 6.79. The summed E-state index contributed by atoms with van der Waals surface area (Å²) in [7, 11) is -18.0. The topological polar surface area (TPSA) is 305 Å². The summed E-state index contributed by atoms with van der Waals surface area (Å²) in [5.74, 6) is -0.262. The van der Waals surface area contributed by atoms with Gasteiger partial charge in [0.2, 0.25) is 5.88 Å². The number of hydrogen-bond donors (Lipinski definition) is 3. The monoisotopic (exact) mass is 616 g/mol. The maximum atomic E-state index is 12.5. The van der Waals surface area contributed by atoms with E-state index in [4.69, 9.17) is 14.4 Å². The van der Waals surface area contributed by atoms with E-state index in [0.717, 1.165) is 12.3 Å². The van der Waals surface area contributed by atoms with E-state index >= 15 is 0 Å². The second-order valence-electron chi connectivity index (χ2n) is 7.50. The molecular weight excluding hydrogens is 599 g/mol. The molecule has 20 nitrogen and oxygen atoms in total. The molecule has 0 aliphatic carbocycles. The Hall–Kier alpha value is -2.41. The predicted molar refractivity (Wildman–Crippen MR) is 115 cm³/mol. The summed E-state index contributed by atoms with van der Waals surface area (Å²) in [5, 5.41) is 31.5. The number of benzene rings is 1. The molecule has 3 unspecified atom stereocenters. The summed E-state index contributed by atoms with van der Waals surface area (Å²) in [5.41, 5.74) is -1.12. The average molecular weight is 616 g/mol. The van der Waals surface area contributed by atoms with Crippen molar-refractivity contribution in [1.29, 1.82) is 0 Å². The molecule has 7 atom stereocenters. The van der Waals surface area contributed by atoms with Crippen molar-refractivity contribution in [2.45, 2.75) is 31.1 Å². The van der Waals surface area contributed by atoms with Crippen LogP contribution in [-0.2, 0) is 38.2 Å². The molecule has 1 saturated heterocycles. The third-order valence-corrected chi connectivity index (χ3v) is 8.47. The van der Waals surface area contributed by atoms with Crippen molar-refractivity contribution in [2.24, 2.45) is 0 Å². The number of nitro benzene ring substituents is 1. The molecule has 1 aliphatic heterocycles. The number of aromatic nitrogens is 2. The minimum Gasteiger partial charge on any atom is -0.756 e. The molecule has 0 radical (unpaired) electrons. The van der Waals surface area contributed by atoms with E-state index < -0.39 is 65.2 Å². The van der Waals surface area contributed by atoms with E-state index in [2.05, 4.69) is 18.1 Å². The number of ether oxygens (including phenoxy) is 2. The van der Waals surface area contributed by atoms with Gasteiger partial charge in [0.05, 0.1) is 17.1 Å². The van der Waals surface area contributed by atoms with Gasteiger partial charge in [-0.1, -0.05) is 12.1 Å². The first kappa shape index (κ1) is 31.1. The van der Waals surface area contributed by atoms with Gasteiger partial charge in [0.15, 0.2) is 6.23 Å². The summed E-state index contributed by atoms with van der Waals surface area (Å²) >= 11 is 0. The lowest BCUT2D eigenvalue weighted by Crippen LogP contribution is -2.36. The van der Waals surface area contributed by atoms with E-state index in [1.807, 2.05) is 0 Å². The molecule has 1 aliphatic rings. The first-order chi connectivity index (χ1) is 18.0. The van der Waals surface area contributed by atoms with Gasteiger partial charge in [-0.2, -0.15) is 4.98 Å². The number of para-hydroxylation sites is 1. The van der Waals surface area contributed by atoms with Gasteiger partial charge >= 0.3 is 5.69 Å². The zero-order valence-corrected chi connectivity index (χ0v) is 21.6. The van der Waals surface area contributed by atoms with E-state index in [-0.39, 0.29) is 23.7 Å². The molecule has 3 rings (SSSR count). The number of nitrogens with zero attached hydrogens (tertiary/aromatic N) is 3. The molecule has 0 saturated carbocycles. The summed E-state index contributed by atoms with van der Waals surface area (Å²) in [4.78, 5) is 68.3. The number of aliphatic hydroxyl groups excluding tert-OH is 2. The minimum atomic E-state index is -6.16. The lowest BCUT2D eigenvalue weighted by molar-refractivity contribution is -0.385. The van der Waals surface area contributed by atoms with Crippen LogP contribution in [0.15, 0.2) is 41.3 Å². The van der Waals surface area contributed by atoms with Crippen molar-refractivity contribution in [1.82, 2.24) is 9.55 Å². The van der Waals surface area contributed by atoms with Crippen LogP contribution in [0.5, 0.6) is 5.88 Å². The minimum absolute atomic E-state index is 0.187. The molecule has 39 heavy (non-hydrogen) atoms. The Bertz CT molecular complexity index is 1410. The van der Waals surface area contributed by atoms with Crippen LogP contribution in [-0.4, -0.2) is 54.5 Å². The van der Waals surface area contributed by atoms with Crippen LogP contribution in [0, 0.1) is 10.1 Å². The largest absolute Gasteiger partial charge is 0.756 e. The Balaban J connectivity index is 1.64. The Morgan fingerprint density at radius 1 is 1.05 bits per heavy atom. The number of aliphatic hydroxyl groups is 2. The first-order valence-electron chi connectivity index (χ1n) is 10.2. The highest BCUT2D eigenvalue weighted by atomic mass is 31.3. The normalized spacial score (nSPS) is 25.8. The fourth-order valence-corrected chi connectivity index (χ4v) is 6.08. The fraction of sp³-hybridized carbons (Fsp3) is 0.375. The van der Waals surface area contributed by atoms with Gasteiger partial charge in [-0.15, -0.1) is 0 Å². The van der Waals surface area contributed by atoms with Gasteiger partial charge in [0, 0.05) is 18.3 Å². The van der Waals surface area contributed by atoms with Gasteiger partial charge in [-0.05, 0) is 6.07 Å². The highest BCUT2D eigenvalue weighted by Gasteiger charge is 2.45. The maximum Gasteiger partial charge on any atom is 0.353 e. The third-order valence-electron chi connectivity index (χ3n) is 4.78. The number of nitro groups is 1. The van der Waals surface area contributed by atoms with E-state index in [9.17, 15) is 53.5 Å². The van der Waals surface area contributed by atoms with Crippen LogP contribution in [0.2, 0.25) is 0 Å². The second-order valence-corrected chi connectivity index (χ2v) is 11.8.